The van der Waals surface area contributed by atoms with Crippen molar-refractivity contribution in [1.82, 2.24) is 15.5 Å². The average molecular weight is 290 g/mol. The number of rotatable bonds is 6. The van der Waals surface area contributed by atoms with Crippen molar-refractivity contribution in [2.45, 2.75) is 31.7 Å². The van der Waals surface area contributed by atoms with Crippen LogP contribution in [0.15, 0.2) is 12.1 Å². The molecule has 21 heavy (non-hydrogen) atoms. The smallest absolute Gasteiger partial charge is 0.358 e. The molecule has 2 aliphatic rings. The van der Waals surface area contributed by atoms with Crippen LogP contribution in [0.4, 0.5) is 5.82 Å². The summed E-state index contributed by atoms with van der Waals surface area (Å²) >= 11 is 0. The van der Waals surface area contributed by atoms with Gasteiger partial charge in [0.2, 0.25) is 0 Å². The fourth-order valence-corrected chi connectivity index (χ4v) is 2.76. The second kappa shape index (κ2) is 6.39. The molecule has 3 rings (SSSR count). The zero-order valence-electron chi connectivity index (χ0n) is 12.4. The van der Waals surface area contributed by atoms with Crippen molar-refractivity contribution in [3.63, 3.8) is 0 Å². The molecule has 6 nitrogen and oxygen atoms in total. The van der Waals surface area contributed by atoms with Crippen LogP contribution in [0.3, 0.4) is 0 Å². The van der Waals surface area contributed by atoms with Crippen molar-refractivity contribution in [2.75, 3.05) is 31.6 Å². The summed E-state index contributed by atoms with van der Waals surface area (Å²) in [5, 5.41) is 11.7. The van der Waals surface area contributed by atoms with Crippen LogP contribution in [0, 0.1) is 5.92 Å². The number of nitrogens with zero attached hydrogens (tertiary/aromatic N) is 3. The van der Waals surface area contributed by atoms with Gasteiger partial charge in [-0.3, -0.25) is 0 Å². The minimum absolute atomic E-state index is 0.256. The predicted octanol–water partition coefficient (Wildman–Crippen LogP) is 1.23. The SMILES string of the molecule is COC(=O)c1ccc(N(CC2CC2)CC2CCCN2)nn1. The summed E-state index contributed by atoms with van der Waals surface area (Å²) in [6.45, 7) is 3.10. The number of carbonyl (C=O) groups is 1. The van der Waals surface area contributed by atoms with Crippen LogP contribution in [-0.2, 0) is 4.74 Å². The number of hydrogen-bond donors (Lipinski definition) is 1. The van der Waals surface area contributed by atoms with Crippen LogP contribution in [0.1, 0.15) is 36.2 Å². The molecule has 1 aliphatic heterocycles. The van der Waals surface area contributed by atoms with Gasteiger partial charge < -0.3 is 15.0 Å². The number of carbonyl (C=O) groups excluding carboxylic acids is 1. The average Bonchev–Trinajstić information content (AvgIpc) is 3.19. The highest BCUT2D eigenvalue weighted by molar-refractivity contribution is 5.86. The van der Waals surface area contributed by atoms with Gasteiger partial charge in [0.25, 0.3) is 0 Å². The van der Waals surface area contributed by atoms with Crippen LogP contribution in [0.25, 0.3) is 0 Å². The van der Waals surface area contributed by atoms with E-state index in [1.165, 1.54) is 32.8 Å². The van der Waals surface area contributed by atoms with Crippen LogP contribution in [-0.4, -0.2) is 49.0 Å². The standard InChI is InChI=1S/C15H22N4O2/c1-21-15(20)13-6-7-14(18-17-13)19(9-11-4-5-11)10-12-3-2-8-16-12/h6-7,11-12,16H,2-5,8-10H2,1H3. The van der Waals surface area contributed by atoms with Crippen molar-refractivity contribution < 1.29 is 9.53 Å². The Kier molecular flexibility index (Phi) is 4.34. The Hall–Kier alpha value is -1.69. The Morgan fingerprint density at radius 2 is 2.19 bits per heavy atom. The van der Waals surface area contributed by atoms with Gasteiger partial charge in [-0.15, -0.1) is 10.2 Å². The van der Waals surface area contributed by atoms with Crippen molar-refractivity contribution in [1.29, 1.82) is 0 Å². The highest BCUT2D eigenvalue weighted by Gasteiger charge is 2.27. The molecule has 2 heterocycles. The van der Waals surface area contributed by atoms with Gasteiger partial charge in [0.1, 0.15) is 0 Å². The minimum atomic E-state index is -0.444. The zero-order valence-corrected chi connectivity index (χ0v) is 12.4. The number of methoxy groups -OCH3 is 1. The van der Waals surface area contributed by atoms with Crippen LogP contribution < -0.4 is 10.2 Å². The maximum Gasteiger partial charge on any atom is 0.358 e. The van der Waals surface area contributed by atoms with E-state index in [0.717, 1.165) is 31.4 Å². The topological polar surface area (TPSA) is 67.3 Å². The molecule has 0 bridgehead atoms. The van der Waals surface area contributed by atoms with Gasteiger partial charge in [0.15, 0.2) is 11.5 Å². The van der Waals surface area contributed by atoms with Crippen molar-refractivity contribution in [2.24, 2.45) is 5.92 Å². The van der Waals surface area contributed by atoms with Gasteiger partial charge in [-0.1, -0.05) is 0 Å². The lowest BCUT2D eigenvalue weighted by Gasteiger charge is -2.26. The van der Waals surface area contributed by atoms with Crippen molar-refractivity contribution in [3.05, 3.63) is 17.8 Å². The first-order valence-corrected chi connectivity index (χ1v) is 7.66. The molecule has 1 aromatic heterocycles. The molecule has 1 unspecified atom stereocenters. The Balaban J connectivity index is 1.69. The highest BCUT2D eigenvalue weighted by Crippen LogP contribution is 2.31. The summed E-state index contributed by atoms with van der Waals surface area (Å²) in [7, 11) is 1.35. The van der Waals surface area contributed by atoms with Gasteiger partial charge in [-0.2, -0.15) is 0 Å². The maximum atomic E-state index is 11.4. The molecule has 1 N–H and O–H groups in total. The predicted molar refractivity (Wildman–Crippen MR) is 79.3 cm³/mol. The molecule has 1 saturated heterocycles. The first-order valence-electron chi connectivity index (χ1n) is 7.66. The second-order valence-corrected chi connectivity index (χ2v) is 5.91. The number of hydrogen-bond acceptors (Lipinski definition) is 6. The molecule has 0 spiro atoms. The van der Waals surface area contributed by atoms with E-state index in [1.54, 1.807) is 6.07 Å². The van der Waals surface area contributed by atoms with Crippen molar-refractivity contribution in [3.8, 4) is 0 Å². The second-order valence-electron chi connectivity index (χ2n) is 5.91. The summed E-state index contributed by atoms with van der Waals surface area (Å²) in [4.78, 5) is 13.7. The number of anilines is 1. The quantitative estimate of drug-likeness (QED) is 0.795. The van der Waals surface area contributed by atoms with Crippen LogP contribution in [0.2, 0.25) is 0 Å². The molecule has 1 aliphatic carbocycles. The molecular weight excluding hydrogens is 268 g/mol. The Labute approximate surface area is 124 Å². The minimum Gasteiger partial charge on any atom is -0.464 e. The summed E-state index contributed by atoms with van der Waals surface area (Å²) in [5.74, 6) is 1.19. The van der Waals surface area contributed by atoms with E-state index in [2.05, 4.69) is 25.2 Å². The Morgan fingerprint density at radius 1 is 1.33 bits per heavy atom. The summed E-state index contributed by atoms with van der Waals surface area (Å²) < 4.78 is 4.65. The van der Waals surface area contributed by atoms with Gasteiger partial charge in [-0.05, 0) is 50.3 Å². The number of nitrogens with one attached hydrogen (secondary N) is 1. The third kappa shape index (κ3) is 3.69. The molecule has 2 fully saturated rings. The van der Waals surface area contributed by atoms with E-state index in [9.17, 15) is 4.79 Å². The van der Waals surface area contributed by atoms with E-state index >= 15 is 0 Å². The fourth-order valence-electron chi connectivity index (χ4n) is 2.76. The lowest BCUT2D eigenvalue weighted by Crippen LogP contribution is -2.39. The van der Waals surface area contributed by atoms with E-state index < -0.39 is 5.97 Å². The molecule has 1 atom stereocenters. The third-order valence-electron chi connectivity index (χ3n) is 4.15. The first kappa shape index (κ1) is 14.3. The molecule has 0 radical (unpaired) electrons. The Morgan fingerprint density at radius 3 is 2.76 bits per heavy atom. The summed E-state index contributed by atoms with van der Waals surface area (Å²) in [6.07, 6.45) is 5.08. The highest BCUT2D eigenvalue weighted by atomic mass is 16.5. The molecule has 6 heteroatoms. The molecule has 0 amide bonds. The van der Waals surface area contributed by atoms with Crippen LogP contribution >= 0.6 is 0 Å². The zero-order chi connectivity index (χ0) is 14.7. The lowest BCUT2D eigenvalue weighted by atomic mass is 10.2. The van der Waals surface area contributed by atoms with Crippen LogP contribution in [0.5, 0.6) is 0 Å². The van der Waals surface area contributed by atoms with Gasteiger partial charge in [-0.25, -0.2) is 4.79 Å². The molecule has 1 aromatic rings. The molecular formula is C15H22N4O2. The van der Waals surface area contributed by atoms with Gasteiger partial charge in [0, 0.05) is 19.1 Å². The van der Waals surface area contributed by atoms with E-state index in [4.69, 9.17) is 0 Å². The molecule has 0 aromatic carbocycles. The summed E-state index contributed by atoms with van der Waals surface area (Å²) in [5.41, 5.74) is 0.256. The van der Waals surface area contributed by atoms with E-state index in [-0.39, 0.29) is 5.69 Å². The normalized spacial score (nSPS) is 21.3. The fraction of sp³-hybridized carbons (Fsp3) is 0.667. The number of ether oxygens (including phenoxy) is 1. The molecule has 1 saturated carbocycles. The largest absolute Gasteiger partial charge is 0.464 e. The third-order valence-corrected chi connectivity index (χ3v) is 4.15. The molecule has 114 valence electrons. The number of aromatic nitrogens is 2. The maximum absolute atomic E-state index is 11.4. The van der Waals surface area contributed by atoms with Crippen molar-refractivity contribution >= 4 is 11.8 Å². The summed E-state index contributed by atoms with van der Waals surface area (Å²) in [6, 6.07) is 4.10. The Bertz CT molecular complexity index is 481. The van der Waals surface area contributed by atoms with E-state index in [0.29, 0.717) is 6.04 Å². The van der Waals surface area contributed by atoms with Gasteiger partial charge in [0.05, 0.1) is 7.11 Å². The monoisotopic (exact) mass is 290 g/mol. The lowest BCUT2D eigenvalue weighted by molar-refractivity contribution is 0.0592. The number of esters is 1. The van der Waals surface area contributed by atoms with Gasteiger partial charge >= 0.3 is 5.97 Å². The first-order chi connectivity index (χ1) is 10.3. The van der Waals surface area contributed by atoms with E-state index in [1.807, 2.05) is 6.07 Å².